The standard InChI is InChI=1S/C16H26N2O/c1-9-7-10(2)17-11(3)15(9)12(4)18-13-8-14(19)16(13,5)6/h7,12-14,18-19H,8H2,1-6H3. The van der Waals surface area contributed by atoms with Crippen LogP contribution in [0, 0.1) is 26.2 Å². The normalized spacial score (nSPS) is 26.9. The first-order valence-electron chi connectivity index (χ1n) is 7.12. The van der Waals surface area contributed by atoms with Crippen LogP contribution >= 0.6 is 0 Å². The van der Waals surface area contributed by atoms with E-state index in [1.54, 1.807) is 0 Å². The summed E-state index contributed by atoms with van der Waals surface area (Å²) in [5, 5.41) is 13.5. The highest BCUT2D eigenvalue weighted by molar-refractivity contribution is 5.33. The van der Waals surface area contributed by atoms with E-state index in [1.165, 1.54) is 11.1 Å². The number of aryl methyl sites for hydroxylation is 3. The van der Waals surface area contributed by atoms with Crippen molar-refractivity contribution in [2.75, 3.05) is 0 Å². The van der Waals surface area contributed by atoms with Crippen molar-refractivity contribution in [3.05, 3.63) is 28.6 Å². The number of pyridine rings is 1. The fraction of sp³-hybridized carbons (Fsp3) is 0.688. The molecule has 1 saturated carbocycles. The van der Waals surface area contributed by atoms with E-state index in [0.29, 0.717) is 6.04 Å². The van der Waals surface area contributed by atoms with E-state index >= 15 is 0 Å². The highest BCUT2D eigenvalue weighted by Crippen LogP contribution is 2.41. The number of nitrogens with zero attached hydrogens (tertiary/aromatic N) is 1. The van der Waals surface area contributed by atoms with E-state index in [9.17, 15) is 5.11 Å². The predicted octanol–water partition coefficient (Wildman–Crippen LogP) is 2.82. The molecule has 2 rings (SSSR count). The van der Waals surface area contributed by atoms with Crippen LogP contribution in [0.5, 0.6) is 0 Å². The van der Waals surface area contributed by atoms with Crippen LogP contribution in [0.2, 0.25) is 0 Å². The lowest BCUT2D eigenvalue weighted by Gasteiger charge is -2.50. The molecule has 3 unspecified atom stereocenters. The lowest BCUT2D eigenvalue weighted by molar-refractivity contribution is -0.0755. The lowest BCUT2D eigenvalue weighted by Crippen LogP contribution is -2.60. The summed E-state index contributed by atoms with van der Waals surface area (Å²) in [6, 6.07) is 2.78. The molecule has 1 heterocycles. The maximum Gasteiger partial charge on any atom is 0.0621 e. The van der Waals surface area contributed by atoms with Gasteiger partial charge in [0.1, 0.15) is 0 Å². The molecule has 1 aliphatic carbocycles. The smallest absolute Gasteiger partial charge is 0.0621 e. The number of rotatable bonds is 3. The average molecular weight is 262 g/mol. The third kappa shape index (κ3) is 2.54. The summed E-state index contributed by atoms with van der Waals surface area (Å²) in [4.78, 5) is 4.57. The van der Waals surface area contributed by atoms with Crippen LogP contribution in [0.4, 0.5) is 0 Å². The van der Waals surface area contributed by atoms with Gasteiger partial charge >= 0.3 is 0 Å². The molecule has 1 aromatic heterocycles. The van der Waals surface area contributed by atoms with E-state index in [1.807, 2.05) is 6.92 Å². The number of aliphatic hydroxyl groups excluding tert-OH is 1. The van der Waals surface area contributed by atoms with Crippen LogP contribution in [0.15, 0.2) is 6.07 Å². The van der Waals surface area contributed by atoms with Gasteiger partial charge in [-0.1, -0.05) is 13.8 Å². The van der Waals surface area contributed by atoms with Gasteiger partial charge in [-0.05, 0) is 51.3 Å². The molecule has 0 bridgehead atoms. The molecule has 1 fully saturated rings. The molecule has 2 N–H and O–H groups in total. The Hall–Kier alpha value is -0.930. The zero-order valence-electron chi connectivity index (χ0n) is 12.9. The fourth-order valence-corrected chi connectivity index (χ4v) is 3.26. The Morgan fingerprint density at radius 3 is 2.47 bits per heavy atom. The quantitative estimate of drug-likeness (QED) is 0.880. The average Bonchev–Trinajstić information content (AvgIpc) is 2.27. The fourth-order valence-electron chi connectivity index (χ4n) is 3.26. The van der Waals surface area contributed by atoms with Crippen molar-refractivity contribution in [3.8, 4) is 0 Å². The molecule has 0 aliphatic heterocycles. The zero-order valence-corrected chi connectivity index (χ0v) is 12.9. The zero-order chi connectivity index (χ0) is 14.4. The Morgan fingerprint density at radius 1 is 1.37 bits per heavy atom. The first-order valence-corrected chi connectivity index (χ1v) is 7.12. The van der Waals surface area contributed by atoms with Gasteiger partial charge in [-0.15, -0.1) is 0 Å². The van der Waals surface area contributed by atoms with Crippen LogP contribution in [0.1, 0.15) is 55.7 Å². The Bertz CT molecular complexity index is 459. The molecule has 0 radical (unpaired) electrons. The van der Waals surface area contributed by atoms with E-state index < -0.39 is 0 Å². The van der Waals surface area contributed by atoms with Gasteiger partial charge in [0.2, 0.25) is 0 Å². The first kappa shape index (κ1) is 14.5. The highest BCUT2D eigenvalue weighted by atomic mass is 16.3. The SMILES string of the molecule is Cc1cc(C)c(C(C)NC2CC(O)C2(C)C)c(C)n1. The first-order chi connectivity index (χ1) is 8.73. The van der Waals surface area contributed by atoms with Crippen LogP contribution in [0.25, 0.3) is 0 Å². The van der Waals surface area contributed by atoms with Gasteiger partial charge in [-0.25, -0.2) is 0 Å². The van der Waals surface area contributed by atoms with E-state index in [2.05, 4.69) is 51.0 Å². The Morgan fingerprint density at radius 2 is 2.00 bits per heavy atom. The largest absolute Gasteiger partial charge is 0.392 e. The molecule has 1 aliphatic rings. The van der Waals surface area contributed by atoms with Crippen molar-refractivity contribution in [2.24, 2.45) is 5.41 Å². The molecule has 3 heteroatoms. The van der Waals surface area contributed by atoms with Crippen molar-refractivity contribution < 1.29 is 5.11 Å². The minimum atomic E-state index is -0.185. The van der Waals surface area contributed by atoms with Crippen LogP contribution in [-0.4, -0.2) is 22.2 Å². The molecule has 106 valence electrons. The number of nitrogens with one attached hydrogen (secondary N) is 1. The van der Waals surface area contributed by atoms with Gasteiger partial charge in [-0.3, -0.25) is 4.98 Å². The third-order valence-corrected chi connectivity index (χ3v) is 4.68. The van der Waals surface area contributed by atoms with Crippen molar-refractivity contribution in [1.29, 1.82) is 0 Å². The molecule has 0 amide bonds. The predicted molar refractivity (Wildman–Crippen MR) is 78.2 cm³/mol. The van der Waals surface area contributed by atoms with Crippen molar-refractivity contribution in [3.63, 3.8) is 0 Å². The topological polar surface area (TPSA) is 45.1 Å². The second-order valence-electron chi connectivity index (χ2n) is 6.59. The maximum absolute atomic E-state index is 9.82. The van der Waals surface area contributed by atoms with Gasteiger partial charge in [0.05, 0.1) is 6.10 Å². The summed E-state index contributed by atoms with van der Waals surface area (Å²) in [5.41, 5.74) is 4.74. The summed E-state index contributed by atoms with van der Waals surface area (Å²) in [5.74, 6) is 0. The van der Waals surface area contributed by atoms with Crippen molar-refractivity contribution in [2.45, 2.75) is 66.2 Å². The summed E-state index contributed by atoms with van der Waals surface area (Å²) >= 11 is 0. The molecule has 19 heavy (non-hydrogen) atoms. The number of hydrogen-bond donors (Lipinski definition) is 2. The summed E-state index contributed by atoms with van der Waals surface area (Å²) in [7, 11) is 0. The van der Waals surface area contributed by atoms with Crippen molar-refractivity contribution in [1.82, 2.24) is 10.3 Å². The van der Waals surface area contributed by atoms with Gasteiger partial charge in [0.25, 0.3) is 0 Å². The summed E-state index contributed by atoms with van der Waals surface area (Å²) in [6.45, 7) is 12.7. The van der Waals surface area contributed by atoms with E-state index in [-0.39, 0.29) is 17.6 Å². The van der Waals surface area contributed by atoms with Crippen LogP contribution < -0.4 is 5.32 Å². The van der Waals surface area contributed by atoms with Gasteiger partial charge in [0.15, 0.2) is 0 Å². The van der Waals surface area contributed by atoms with Gasteiger partial charge in [-0.2, -0.15) is 0 Å². The monoisotopic (exact) mass is 262 g/mol. The maximum atomic E-state index is 9.82. The van der Waals surface area contributed by atoms with Crippen molar-refractivity contribution >= 4 is 0 Å². The van der Waals surface area contributed by atoms with E-state index in [4.69, 9.17) is 0 Å². The second kappa shape index (κ2) is 4.88. The van der Waals surface area contributed by atoms with E-state index in [0.717, 1.165) is 17.8 Å². The molecule has 0 spiro atoms. The summed E-state index contributed by atoms with van der Waals surface area (Å²) in [6.07, 6.45) is 0.657. The summed E-state index contributed by atoms with van der Waals surface area (Å²) < 4.78 is 0. The molecule has 1 aromatic rings. The van der Waals surface area contributed by atoms with Crippen LogP contribution in [0.3, 0.4) is 0 Å². The third-order valence-electron chi connectivity index (χ3n) is 4.68. The van der Waals surface area contributed by atoms with Crippen LogP contribution in [-0.2, 0) is 0 Å². The Kier molecular flexibility index (Phi) is 3.72. The Labute approximate surface area is 116 Å². The molecular formula is C16H26N2O. The molecule has 3 atom stereocenters. The minimum Gasteiger partial charge on any atom is -0.392 e. The Balaban J connectivity index is 2.15. The molecule has 0 saturated heterocycles. The minimum absolute atomic E-state index is 0.0335. The molecular weight excluding hydrogens is 236 g/mol. The number of aliphatic hydroxyl groups is 1. The highest BCUT2D eigenvalue weighted by Gasteiger charge is 2.47. The molecule has 0 aromatic carbocycles. The molecule has 3 nitrogen and oxygen atoms in total. The second-order valence-corrected chi connectivity index (χ2v) is 6.59. The van der Waals surface area contributed by atoms with Gasteiger partial charge < -0.3 is 10.4 Å². The lowest BCUT2D eigenvalue weighted by atomic mass is 9.64. The van der Waals surface area contributed by atoms with Gasteiger partial charge in [0, 0.05) is 28.9 Å². The number of hydrogen-bond acceptors (Lipinski definition) is 3. The number of aromatic nitrogens is 1.